The quantitative estimate of drug-likeness (QED) is 0.738. The molecule has 0 saturated heterocycles. The van der Waals surface area contributed by atoms with E-state index in [2.05, 4.69) is 10.4 Å². The number of halogens is 1. The van der Waals surface area contributed by atoms with Crippen LogP contribution in [0.5, 0.6) is 0 Å². The summed E-state index contributed by atoms with van der Waals surface area (Å²) < 4.78 is 42.5. The fourth-order valence-electron chi connectivity index (χ4n) is 3.77. The van der Waals surface area contributed by atoms with Gasteiger partial charge in [0.15, 0.2) is 0 Å². The maximum absolute atomic E-state index is 13.4. The molecule has 1 aliphatic heterocycles. The molecule has 1 aromatic carbocycles. The summed E-state index contributed by atoms with van der Waals surface area (Å²) in [5.74, 6) is -0.671. The molecule has 4 rings (SSSR count). The molecule has 1 N–H and O–H groups in total. The summed E-state index contributed by atoms with van der Waals surface area (Å²) in [6.45, 7) is 0.603. The van der Waals surface area contributed by atoms with Gasteiger partial charge in [-0.25, -0.2) is 12.8 Å². The van der Waals surface area contributed by atoms with Crippen molar-refractivity contribution in [2.24, 2.45) is 7.05 Å². The van der Waals surface area contributed by atoms with Crippen molar-refractivity contribution in [3.05, 3.63) is 52.6 Å². The van der Waals surface area contributed by atoms with Gasteiger partial charge in [0.2, 0.25) is 15.9 Å². The summed E-state index contributed by atoms with van der Waals surface area (Å²) in [5, 5.41) is 7.50. The lowest BCUT2D eigenvalue weighted by Gasteiger charge is -2.27. The first-order valence-electron chi connectivity index (χ1n) is 9.87. The van der Waals surface area contributed by atoms with Crippen LogP contribution in [0.2, 0.25) is 0 Å². The zero-order valence-electron chi connectivity index (χ0n) is 16.4. The minimum atomic E-state index is -3.59. The topological polar surface area (TPSA) is 84.3 Å². The van der Waals surface area contributed by atoms with Crippen molar-refractivity contribution < 1.29 is 17.6 Å². The first-order chi connectivity index (χ1) is 13.8. The van der Waals surface area contributed by atoms with Crippen LogP contribution < -0.4 is 5.32 Å². The van der Waals surface area contributed by atoms with Crippen LogP contribution in [0.4, 0.5) is 4.39 Å². The lowest BCUT2D eigenvalue weighted by molar-refractivity contribution is -0.121. The summed E-state index contributed by atoms with van der Waals surface area (Å²) in [6.07, 6.45) is 3.48. The summed E-state index contributed by atoms with van der Waals surface area (Å²) in [6, 6.07) is 6.00. The number of carbonyl (C=O) groups is 1. The van der Waals surface area contributed by atoms with E-state index in [4.69, 9.17) is 0 Å². The summed E-state index contributed by atoms with van der Waals surface area (Å²) in [4.78, 5) is 12.0. The van der Waals surface area contributed by atoms with Gasteiger partial charge in [0.05, 0.1) is 11.4 Å². The molecular weight excluding hydrogens is 395 g/mol. The van der Waals surface area contributed by atoms with Gasteiger partial charge in [-0.1, -0.05) is 12.1 Å². The molecule has 1 aliphatic carbocycles. The Hall–Kier alpha value is -2.26. The minimum absolute atomic E-state index is 0.0123. The van der Waals surface area contributed by atoms with Crippen molar-refractivity contribution in [1.29, 1.82) is 0 Å². The highest BCUT2D eigenvalue weighted by atomic mass is 32.2. The van der Waals surface area contributed by atoms with Gasteiger partial charge in [-0.3, -0.25) is 9.48 Å². The monoisotopic (exact) mass is 420 g/mol. The standard InChI is InChI=1S/C20H25FN4O3S/c1-24-19-9-10-25(29(27,28)13-14-3-2-4-15(21)11-14)12-17(19)18(23-24)7-8-20(26)22-16-5-6-16/h2-4,11,16H,5-10,12-13H2,1H3,(H,22,26). The molecule has 2 aromatic rings. The SMILES string of the molecule is Cn1nc(CCC(=O)NC2CC2)c2c1CCN(S(=O)(=O)Cc1cccc(F)c1)C2. The number of rotatable bonds is 7. The molecular formula is C20H25FN4O3S. The average Bonchev–Trinajstić information content (AvgIpc) is 3.42. The first kappa shape index (κ1) is 20.0. The van der Waals surface area contributed by atoms with E-state index in [0.717, 1.165) is 29.8 Å². The van der Waals surface area contributed by atoms with Gasteiger partial charge in [0, 0.05) is 56.7 Å². The maximum Gasteiger partial charge on any atom is 0.220 e. The number of hydrogen-bond acceptors (Lipinski definition) is 4. The molecule has 1 saturated carbocycles. The number of amides is 1. The normalized spacial score (nSPS) is 17.2. The molecule has 0 radical (unpaired) electrons. The van der Waals surface area contributed by atoms with Crippen LogP contribution in [0.3, 0.4) is 0 Å². The van der Waals surface area contributed by atoms with Crippen molar-refractivity contribution in [3.8, 4) is 0 Å². The number of fused-ring (bicyclic) bond motifs is 1. The van der Waals surface area contributed by atoms with Crippen LogP contribution in [-0.2, 0) is 47.0 Å². The van der Waals surface area contributed by atoms with E-state index in [-0.39, 0.29) is 18.2 Å². The molecule has 156 valence electrons. The van der Waals surface area contributed by atoms with Gasteiger partial charge in [-0.05, 0) is 30.5 Å². The fraction of sp³-hybridized carbons (Fsp3) is 0.500. The zero-order chi connectivity index (χ0) is 20.6. The fourth-order valence-corrected chi connectivity index (χ4v) is 5.25. The highest BCUT2D eigenvalue weighted by Gasteiger charge is 2.31. The van der Waals surface area contributed by atoms with Crippen LogP contribution >= 0.6 is 0 Å². The van der Waals surface area contributed by atoms with E-state index in [0.29, 0.717) is 37.4 Å². The van der Waals surface area contributed by atoms with Crippen molar-refractivity contribution in [2.45, 2.75) is 50.4 Å². The van der Waals surface area contributed by atoms with Gasteiger partial charge in [-0.2, -0.15) is 9.40 Å². The molecule has 0 bridgehead atoms. The Kier molecular flexibility index (Phi) is 5.44. The van der Waals surface area contributed by atoms with E-state index in [1.165, 1.54) is 22.5 Å². The number of hydrogen-bond donors (Lipinski definition) is 1. The Bertz CT molecular complexity index is 1030. The molecule has 1 amide bonds. The Morgan fingerprint density at radius 2 is 2.14 bits per heavy atom. The third-order valence-corrected chi connectivity index (χ3v) is 7.25. The molecule has 1 fully saturated rings. The minimum Gasteiger partial charge on any atom is -0.353 e. The van der Waals surface area contributed by atoms with Crippen LogP contribution in [0.15, 0.2) is 24.3 Å². The van der Waals surface area contributed by atoms with Gasteiger partial charge in [0.25, 0.3) is 0 Å². The van der Waals surface area contributed by atoms with E-state index < -0.39 is 15.8 Å². The molecule has 1 aromatic heterocycles. The second kappa shape index (κ2) is 7.87. The second-order valence-electron chi connectivity index (χ2n) is 7.81. The van der Waals surface area contributed by atoms with Crippen LogP contribution in [0.1, 0.15) is 41.8 Å². The second-order valence-corrected chi connectivity index (χ2v) is 9.78. The molecule has 0 atom stereocenters. The Morgan fingerprint density at radius 1 is 1.34 bits per heavy atom. The van der Waals surface area contributed by atoms with Crippen LogP contribution in [0, 0.1) is 5.82 Å². The Balaban J connectivity index is 1.47. The maximum atomic E-state index is 13.4. The molecule has 7 nitrogen and oxygen atoms in total. The summed E-state index contributed by atoms with van der Waals surface area (Å²) in [7, 11) is -1.74. The van der Waals surface area contributed by atoms with Gasteiger partial charge in [0.1, 0.15) is 5.82 Å². The number of sulfonamides is 1. The third kappa shape index (κ3) is 4.67. The average molecular weight is 421 g/mol. The van der Waals surface area contributed by atoms with Crippen LogP contribution in [-0.4, -0.2) is 41.0 Å². The molecule has 29 heavy (non-hydrogen) atoms. The van der Waals surface area contributed by atoms with Crippen molar-refractivity contribution in [2.75, 3.05) is 6.54 Å². The largest absolute Gasteiger partial charge is 0.353 e. The lowest BCUT2D eigenvalue weighted by atomic mass is 10.0. The van der Waals surface area contributed by atoms with Crippen LogP contribution in [0.25, 0.3) is 0 Å². The predicted octanol–water partition coefficient (Wildman–Crippen LogP) is 1.66. The molecule has 0 unspecified atom stereocenters. The lowest BCUT2D eigenvalue weighted by Crippen LogP contribution is -2.37. The number of benzene rings is 1. The van der Waals surface area contributed by atoms with E-state index in [1.54, 1.807) is 10.7 Å². The summed E-state index contributed by atoms with van der Waals surface area (Å²) >= 11 is 0. The Morgan fingerprint density at radius 3 is 2.86 bits per heavy atom. The number of aryl methyl sites for hydroxylation is 2. The highest BCUT2D eigenvalue weighted by Crippen LogP contribution is 2.26. The molecule has 2 aliphatic rings. The van der Waals surface area contributed by atoms with E-state index >= 15 is 0 Å². The summed E-state index contributed by atoms with van der Waals surface area (Å²) in [5.41, 5.74) is 3.11. The van der Waals surface area contributed by atoms with E-state index in [1.807, 2.05) is 7.05 Å². The highest BCUT2D eigenvalue weighted by molar-refractivity contribution is 7.88. The van der Waals surface area contributed by atoms with E-state index in [9.17, 15) is 17.6 Å². The molecule has 0 spiro atoms. The first-order valence-corrected chi connectivity index (χ1v) is 11.5. The molecule has 9 heteroatoms. The van der Waals surface area contributed by atoms with Gasteiger partial charge in [-0.15, -0.1) is 0 Å². The zero-order valence-corrected chi connectivity index (χ0v) is 17.2. The Labute approximate surface area is 169 Å². The van der Waals surface area contributed by atoms with Crippen molar-refractivity contribution in [3.63, 3.8) is 0 Å². The number of aromatic nitrogens is 2. The smallest absolute Gasteiger partial charge is 0.220 e. The van der Waals surface area contributed by atoms with Crippen molar-refractivity contribution in [1.82, 2.24) is 19.4 Å². The van der Waals surface area contributed by atoms with Crippen molar-refractivity contribution >= 4 is 15.9 Å². The van der Waals surface area contributed by atoms with Gasteiger partial charge < -0.3 is 5.32 Å². The van der Waals surface area contributed by atoms with Gasteiger partial charge >= 0.3 is 0 Å². The third-order valence-electron chi connectivity index (χ3n) is 5.45. The number of carbonyl (C=O) groups excluding carboxylic acids is 1. The number of nitrogens with one attached hydrogen (secondary N) is 1. The molecule has 2 heterocycles. The predicted molar refractivity (Wildman–Crippen MR) is 106 cm³/mol. The number of nitrogens with zero attached hydrogens (tertiary/aromatic N) is 3.